The lowest BCUT2D eigenvalue weighted by atomic mass is 9.88. The Kier molecular flexibility index (Phi) is 7.82. The Balaban J connectivity index is 1.12. The molecule has 2 atom stereocenters. The number of benzene rings is 2. The highest BCUT2D eigenvalue weighted by Gasteiger charge is 2.30. The Hall–Kier alpha value is -3.33. The van der Waals surface area contributed by atoms with Gasteiger partial charge in [-0.2, -0.15) is 0 Å². The Morgan fingerprint density at radius 2 is 1.93 bits per heavy atom. The first kappa shape index (κ1) is 26.9. The smallest absolute Gasteiger partial charge is 0.331 e. The zero-order chi connectivity index (χ0) is 27.6. The molecule has 3 aliphatic rings. The van der Waals surface area contributed by atoms with Crippen molar-refractivity contribution in [2.24, 2.45) is 0 Å². The van der Waals surface area contributed by atoms with E-state index in [0.29, 0.717) is 36.2 Å². The monoisotopic (exact) mass is 563 g/mol. The van der Waals surface area contributed by atoms with E-state index in [4.69, 9.17) is 30.8 Å². The fraction of sp³-hybridized carbons (Fsp3) is 0.419. The van der Waals surface area contributed by atoms with Gasteiger partial charge in [-0.3, -0.25) is 4.90 Å². The summed E-state index contributed by atoms with van der Waals surface area (Å²) < 4.78 is 20.5. The molecule has 0 saturated carbocycles. The summed E-state index contributed by atoms with van der Waals surface area (Å²) in [5.74, 6) is 2.08. The van der Waals surface area contributed by atoms with Crippen molar-refractivity contribution in [3.05, 3.63) is 81.9 Å². The normalized spacial score (nSPS) is 21.7. The molecular formula is C31H34ClN3O5. The second-order valence-corrected chi connectivity index (χ2v) is 11.3. The third-order valence-electron chi connectivity index (χ3n) is 8.14. The Morgan fingerprint density at radius 1 is 1.15 bits per heavy atom. The minimum atomic E-state index is -0.922. The lowest BCUT2D eigenvalue weighted by molar-refractivity contribution is -0.132. The van der Waals surface area contributed by atoms with Crippen molar-refractivity contribution in [2.45, 2.75) is 57.4 Å². The summed E-state index contributed by atoms with van der Waals surface area (Å²) in [4.78, 5) is 18.5. The van der Waals surface area contributed by atoms with Crippen molar-refractivity contribution in [3.63, 3.8) is 0 Å². The number of fused-ring (bicyclic) bond motifs is 1. The van der Waals surface area contributed by atoms with Crippen LogP contribution in [0.15, 0.2) is 54.2 Å². The van der Waals surface area contributed by atoms with E-state index in [0.717, 1.165) is 67.5 Å². The summed E-state index contributed by atoms with van der Waals surface area (Å²) in [7, 11) is 0. The molecule has 2 saturated heterocycles. The number of hydrogen-bond donors (Lipinski definition) is 1. The van der Waals surface area contributed by atoms with Crippen molar-refractivity contribution in [3.8, 4) is 11.5 Å². The highest BCUT2D eigenvalue weighted by Crippen LogP contribution is 2.44. The summed E-state index contributed by atoms with van der Waals surface area (Å²) in [6.45, 7) is 6.14. The first-order chi connectivity index (χ1) is 19.4. The van der Waals surface area contributed by atoms with E-state index in [-0.39, 0.29) is 12.2 Å². The topological polar surface area (TPSA) is 86.0 Å². The van der Waals surface area contributed by atoms with Crippen LogP contribution in [0.2, 0.25) is 5.02 Å². The highest BCUT2D eigenvalue weighted by molar-refractivity contribution is 6.30. The van der Waals surface area contributed by atoms with Crippen molar-refractivity contribution in [1.82, 2.24) is 14.5 Å². The van der Waals surface area contributed by atoms with Crippen LogP contribution in [0.1, 0.15) is 60.9 Å². The number of ether oxygens (including phenoxy) is 3. The summed E-state index contributed by atoms with van der Waals surface area (Å²) in [5, 5.41) is 10.1. The summed E-state index contributed by atoms with van der Waals surface area (Å²) in [6, 6.07) is 13.9. The van der Waals surface area contributed by atoms with Gasteiger partial charge in [0.25, 0.3) is 0 Å². The molecular weight excluding hydrogens is 530 g/mol. The number of aromatic nitrogens is 2. The Bertz CT molecular complexity index is 1390. The largest absolute Gasteiger partial charge is 0.485 e. The van der Waals surface area contributed by atoms with E-state index in [1.54, 1.807) is 19.2 Å². The predicted molar refractivity (Wildman–Crippen MR) is 152 cm³/mol. The second-order valence-electron chi connectivity index (χ2n) is 10.8. The first-order valence-corrected chi connectivity index (χ1v) is 14.3. The maximum absolute atomic E-state index is 11.4. The van der Waals surface area contributed by atoms with Gasteiger partial charge >= 0.3 is 5.97 Å². The van der Waals surface area contributed by atoms with Gasteiger partial charge in [0.15, 0.2) is 17.6 Å². The summed E-state index contributed by atoms with van der Waals surface area (Å²) >= 11 is 6.05. The van der Waals surface area contributed by atoms with Crippen LogP contribution in [0, 0.1) is 0 Å². The average Bonchev–Trinajstić information content (AvgIpc) is 3.31. The molecule has 6 rings (SSSR count). The third-order valence-corrected chi connectivity index (χ3v) is 8.39. The van der Waals surface area contributed by atoms with Crippen molar-refractivity contribution >= 4 is 23.6 Å². The minimum Gasteiger partial charge on any atom is -0.485 e. The van der Waals surface area contributed by atoms with E-state index < -0.39 is 5.97 Å². The number of carboxylic acid groups (broad SMARTS) is 1. The van der Waals surface area contributed by atoms with Gasteiger partial charge in [-0.25, -0.2) is 9.78 Å². The molecule has 8 nitrogen and oxygen atoms in total. The molecule has 9 heteroatoms. The second kappa shape index (κ2) is 11.6. The number of carboxylic acids is 1. The maximum atomic E-state index is 11.4. The van der Waals surface area contributed by atoms with Gasteiger partial charge in [-0.05, 0) is 75.0 Å². The van der Waals surface area contributed by atoms with E-state index in [2.05, 4.69) is 21.6 Å². The predicted octanol–water partition coefficient (Wildman–Crippen LogP) is 5.71. The zero-order valence-electron chi connectivity index (χ0n) is 22.6. The Labute approximate surface area is 239 Å². The first-order valence-electron chi connectivity index (χ1n) is 13.9. The standard InChI is InChI=1S/C31H34ClN3O5/c1-20(31(36)37)15-24-16-33-29(35(24)17-25-11-14-38-25)18-34-12-9-21(10-13-34)26-3-2-4-27-30(26)39-19-28(40-27)22-5-7-23(32)8-6-22/h2-8,15-16,21,25,28H,9-14,17-19H2,1H3,(H,36,37)/b20-15+/t25-,28-/m0/s1. The quantitative estimate of drug-likeness (QED) is 0.352. The Morgan fingerprint density at radius 3 is 2.62 bits per heavy atom. The number of halogens is 1. The fourth-order valence-corrected chi connectivity index (χ4v) is 5.81. The molecule has 4 heterocycles. The minimum absolute atomic E-state index is 0.154. The number of piperidine rings is 1. The molecule has 1 aromatic heterocycles. The van der Waals surface area contributed by atoms with Crippen LogP contribution in [0.5, 0.6) is 11.5 Å². The van der Waals surface area contributed by atoms with E-state index >= 15 is 0 Å². The number of aliphatic carboxylic acids is 1. The molecule has 210 valence electrons. The molecule has 0 radical (unpaired) electrons. The van der Waals surface area contributed by atoms with Gasteiger partial charge in [-0.15, -0.1) is 0 Å². The van der Waals surface area contributed by atoms with Crippen LogP contribution >= 0.6 is 11.6 Å². The molecule has 0 aliphatic carbocycles. The molecule has 1 N–H and O–H groups in total. The molecule has 2 aromatic carbocycles. The fourth-order valence-electron chi connectivity index (χ4n) is 5.69. The molecule has 0 bridgehead atoms. The molecule has 0 amide bonds. The van der Waals surface area contributed by atoms with Gasteiger partial charge in [0.05, 0.1) is 31.1 Å². The van der Waals surface area contributed by atoms with Crippen LogP contribution in [-0.4, -0.2) is 57.9 Å². The van der Waals surface area contributed by atoms with Crippen LogP contribution in [0.4, 0.5) is 0 Å². The SMILES string of the molecule is C/C(=C\c1cnc(CN2CCC(c3cccc4c3OC[C@@H](c3ccc(Cl)cc3)O4)CC2)n1C[C@@H]1CCO1)C(=O)O. The molecule has 3 aromatic rings. The number of hydrogen-bond acceptors (Lipinski definition) is 6. The molecule has 40 heavy (non-hydrogen) atoms. The van der Waals surface area contributed by atoms with Gasteiger partial charge in [0.2, 0.25) is 0 Å². The van der Waals surface area contributed by atoms with E-state index in [9.17, 15) is 9.90 Å². The summed E-state index contributed by atoms with van der Waals surface area (Å²) in [5.41, 5.74) is 3.37. The third kappa shape index (κ3) is 5.75. The van der Waals surface area contributed by atoms with Crippen LogP contribution < -0.4 is 9.47 Å². The lowest BCUT2D eigenvalue weighted by Gasteiger charge is -2.35. The van der Waals surface area contributed by atoms with Crippen molar-refractivity contribution in [1.29, 1.82) is 0 Å². The van der Waals surface area contributed by atoms with Gasteiger partial charge in [0, 0.05) is 22.8 Å². The lowest BCUT2D eigenvalue weighted by Crippen LogP contribution is -2.35. The highest BCUT2D eigenvalue weighted by atomic mass is 35.5. The van der Waals surface area contributed by atoms with Gasteiger partial charge in [0.1, 0.15) is 12.4 Å². The molecule has 0 spiro atoms. The number of para-hydroxylation sites is 1. The maximum Gasteiger partial charge on any atom is 0.331 e. The number of likely N-dealkylation sites (tertiary alicyclic amines) is 1. The van der Waals surface area contributed by atoms with Crippen molar-refractivity contribution < 1.29 is 24.1 Å². The van der Waals surface area contributed by atoms with E-state index in [1.807, 2.05) is 30.3 Å². The molecule has 3 aliphatic heterocycles. The van der Waals surface area contributed by atoms with Gasteiger partial charge < -0.3 is 23.9 Å². The number of imidazole rings is 1. The van der Waals surface area contributed by atoms with Crippen LogP contribution in [0.3, 0.4) is 0 Å². The van der Waals surface area contributed by atoms with Gasteiger partial charge in [-0.1, -0.05) is 35.9 Å². The molecule has 2 fully saturated rings. The average molecular weight is 564 g/mol. The summed E-state index contributed by atoms with van der Waals surface area (Å²) in [6.07, 6.45) is 6.50. The zero-order valence-corrected chi connectivity index (χ0v) is 23.3. The number of nitrogens with zero attached hydrogens (tertiary/aromatic N) is 3. The number of carbonyl (C=O) groups is 1. The number of rotatable bonds is 8. The molecule has 0 unspecified atom stereocenters. The van der Waals surface area contributed by atoms with Crippen LogP contribution in [-0.2, 0) is 22.6 Å². The van der Waals surface area contributed by atoms with Crippen molar-refractivity contribution in [2.75, 3.05) is 26.3 Å². The van der Waals surface area contributed by atoms with Crippen LogP contribution in [0.25, 0.3) is 6.08 Å². The van der Waals surface area contributed by atoms with E-state index in [1.165, 1.54) is 5.56 Å².